The van der Waals surface area contributed by atoms with Crippen molar-refractivity contribution in [2.24, 2.45) is 5.92 Å². The molecule has 0 aromatic rings. The molecule has 1 aliphatic rings. The molecule has 6 nitrogen and oxygen atoms in total. The van der Waals surface area contributed by atoms with Crippen LogP contribution in [0.25, 0.3) is 0 Å². The van der Waals surface area contributed by atoms with Gasteiger partial charge in [0.05, 0.1) is 12.5 Å². The number of rotatable bonds is 3. The molecule has 0 aliphatic carbocycles. The Balaban J connectivity index is 2.36. The topological polar surface area (TPSA) is 86.7 Å². The van der Waals surface area contributed by atoms with Crippen molar-refractivity contribution in [3.8, 4) is 0 Å². The molecule has 1 aliphatic heterocycles. The van der Waals surface area contributed by atoms with Crippen LogP contribution in [-0.2, 0) is 14.4 Å². The highest BCUT2D eigenvalue weighted by Gasteiger charge is 2.30. The summed E-state index contributed by atoms with van der Waals surface area (Å²) in [4.78, 5) is 34.1. The standard InChI is InChI=1S/C9H14N2O4/c1-6(12)10-4-8(13)11-3-2-7(5-11)9(14)15/h7H,2-5H2,1H3,(H,10,12)(H,14,15). The molecule has 0 aromatic heterocycles. The van der Waals surface area contributed by atoms with E-state index in [0.29, 0.717) is 13.0 Å². The maximum Gasteiger partial charge on any atom is 0.308 e. The van der Waals surface area contributed by atoms with Crippen LogP contribution in [0.5, 0.6) is 0 Å². The highest BCUT2D eigenvalue weighted by Crippen LogP contribution is 2.15. The smallest absolute Gasteiger partial charge is 0.308 e. The van der Waals surface area contributed by atoms with Gasteiger partial charge >= 0.3 is 5.97 Å². The van der Waals surface area contributed by atoms with Crippen LogP contribution < -0.4 is 5.32 Å². The average molecular weight is 214 g/mol. The van der Waals surface area contributed by atoms with Gasteiger partial charge in [-0.1, -0.05) is 0 Å². The van der Waals surface area contributed by atoms with Crippen molar-refractivity contribution in [3.63, 3.8) is 0 Å². The van der Waals surface area contributed by atoms with Crippen molar-refractivity contribution in [2.45, 2.75) is 13.3 Å². The molecule has 0 spiro atoms. The molecule has 1 saturated heterocycles. The Morgan fingerprint density at radius 1 is 1.47 bits per heavy atom. The minimum absolute atomic E-state index is 0.0539. The number of carbonyl (C=O) groups excluding carboxylic acids is 2. The number of hydrogen-bond acceptors (Lipinski definition) is 3. The van der Waals surface area contributed by atoms with Crippen LogP contribution in [0, 0.1) is 5.92 Å². The predicted octanol–water partition coefficient (Wildman–Crippen LogP) is -0.944. The molecule has 1 fully saturated rings. The molecular formula is C9H14N2O4. The Labute approximate surface area is 87.2 Å². The lowest BCUT2D eigenvalue weighted by molar-refractivity contribution is -0.141. The fourth-order valence-corrected chi connectivity index (χ4v) is 1.50. The summed E-state index contributed by atoms with van der Waals surface area (Å²) in [7, 11) is 0. The molecule has 0 aromatic carbocycles. The first kappa shape index (κ1) is 11.5. The third-order valence-electron chi connectivity index (χ3n) is 2.38. The van der Waals surface area contributed by atoms with Gasteiger partial charge in [0, 0.05) is 20.0 Å². The third-order valence-corrected chi connectivity index (χ3v) is 2.38. The average Bonchev–Trinajstić information content (AvgIpc) is 2.62. The number of carbonyl (C=O) groups is 3. The first-order valence-corrected chi connectivity index (χ1v) is 4.75. The Bertz CT molecular complexity index is 290. The highest BCUT2D eigenvalue weighted by molar-refractivity contribution is 5.84. The van der Waals surface area contributed by atoms with Crippen LogP contribution >= 0.6 is 0 Å². The van der Waals surface area contributed by atoms with Crippen LogP contribution in [0.4, 0.5) is 0 Å². The minimum atomic E-state index is -0.871. The second-order valence-corrected chi connectivity index (χ2v) is 3.57. The normalized spacial score (nSPS) is 20.1. The zero-order valence-corrected chi connectivity index (χ0v) is 8.52. The van der Waals surface area contributed by atoms with Crippen molar-refractivity contribution in [1.82, 2.24) is 10.2 Å². The number of hydrogen-bond donors (Lipinski definition) is 2. The van der Waals surface area contributed by atoms with Crippen LogP contribution in [0.15, 0.2) is 0 Å². The maximum atomic E-state index is 11.4. The fourth-order valence-electron chi connectivity index (χ4n) is 1.50. The lowest BCUT2D eigenvalue weighted by Gasteiger charge is -2.15. The van der Waals surface area contributed by atoms with Gasteiger partial charge in [-0.25, -0.2) is 0 Å². The van der Waals surface area contributed by atoms with E-state index in [4.69, 9.17) is 5.11 Å². The van der Waals surface area contributed by atoms with Crippen molar-refractivity contribution < 1.29 is 19.5 Å². The van der Waals surface area contributed by atoms with E-state index in [9.17, 15) is 14.4 Å². The molecule has 1 heterocycles. The molecule has 1 atom stereocenters. The van der Waals surface area contributed by atoms with Gasteiger partial charge < -0.3 is 15.3 Å². The van der Waals surface area contributed by atoms with E-state index in [-0.39, 0.29) is 24.9 Å². The lowest BCUT2D eigenvalue weighted by atomic mass is 10.1. The van der Waals surface area contributed by atoms with E-state index >= 15 is 0 Å². The summed E-state index contributed by atoms with van der Waals surface area (Å²) in [6, 6.07) is 0. The molecule has 2 N–H and O–H groups in total. The second-order valence-electron chi connectivity index (χ2n) is 3.57. The molecule has 1 rings (SSSR count). The van der Waals surface area contributed by atoms with E-state index < -0.39 is 11.9 Å². The molecule has 15 heavy (non-hydrogen) atoms. The van der Waals surface area contributed by atoms with Crippen molar-refractivity contribution in [1.29, 1.82) is 0 Å². The van der Waals surface area contributed by atoms with E-state index in [0.717, 1.165) is 0 Å². The number of nitrogens with zero attached hydrogens (tertiary/aromatic N) is 1. The van der Waals surface area contributed by atoms with Gasteiger partial charge in [0.15, 0.2) is 0 Å². The molecule has 6 heteroatoms. The van der Waals surface area contributed by atoms with Gasteiger partial charge in [0.1, 0.15) is 0 Å². The van der Waals surface area contributed by atoms with Crippen LogP contribution in [0.1, 0.15) is 13.3 Å². The predicted molar refractivity (Wildman–Crippen MR) is 51.0 cm³/mol. The van der Waals surface area contributed by atoms with Gasteiger partial charge in [0.2, 0.25) is 11.8 Å². The number of nitrogens with one attached hydrogen (secondary N) is 1. The van der Waals surface area contributed by atoms with Gasteiger partial charge in [-0.15, -0.1) is 0 Å². The van der Waals surface area contributed by atoms with Gasteiger partial charge in [-0.05, 0) is 6.42 Å². The summed E-state index contributed by atoms with van der Waals surface area (Å²) in [6.07, 6.45) is 0.487. The largest absolute Gasteiger partial charge is 0.481 e. The third kappa shape index (κ3) is 3.23. The SMILES string of the molecule is CC(=O)NCC(=O)N1CCC(C(=O)O)C1. The van der Waals surface area contributed by atoms with Crippen LogP contribution in [0.2, 0.25) is 0 Å². The zero-order chi connectivity index (χ0) is 11.4. The van der Waals surface area contributed by atoms with Crippen molar-refractivity contribution in [2.75, 3.05) is 19.6 Å². The zero-order valence-electron chi connectivity index (χ0n) is 8.52. The lowest BCUT2D eigenvalue weighted by Crippen LogP contribution is -2.38. The monoisotopic (exact) mass is 214 g/mol. The summed E-state index contributed by atoms with van der Waals surface area (Å²) >= 11 is 0. The minimum Gasteiger partial charge on any atom is -0.481 e. The van der Waals surface area contributed by atoms with Crippen LogP contribution in [-0.4, -0.2) is 47.4 Å². The number of carboxylic acid groups (broad SMARTS) is 1. The number of likely N-dealkylation sites (tertiary alicyclic amines) is 1. The Kier molecular flexibility index (Phi) is 3.65. The molecule has 2 amide bonds. The molecule has 1 unspecified atom stereocenters. The first-order valence-electron chi connectivity index (χ1n) is 4.75. The second kappa shape index (κ2) is 4.77. The number of amides is 2. The molecule has 0 radical (unpaired) electrons. The van der Waals surface area contributed by atoms with Crippen molar-refractivity contribution in [3.05, 3.63) is 0 Å². The van der Waals surface area contributed by atoms with Gasteiger partial charge in [0.25, 0.3) is 0 Å². The first-order chi connectivity index (χ1) is 7.00. The highest BCUT2D eigenvalue weighted by atomic mass is 16.4. The Morgan fingerprint density at radius 3 is 2.60 bits per heavy atom. The fraction of sp³-hybridized carbons (Fsp3) is 0.667. The van der Waals surface area contributed by atoms with E-state index in [1.54, 1.807) is 0 Å². The van der Waals surface area contributed by atoms with Crippen LogP contribution in [0.3, 0.4) is 0 Å². The molecule has 0 bridgehead atoms. The van der Waals surface area contributed by atoms with Crippen molar-refractivity contribution >= 4 is 17.8 Å². The molecule has 84 valence electrons. The van der Waals surface area contributed by atoms with E-state index in [2.05, 4.69) is 5.32 Å². The Hall–Kier alpha value is -1.59. The summed E-state index contributed by atoms with van der Waals surface area (Å²) < 4.78 is 0. The summed E-state index contributed by atoms with van der Waals surface area (Å²) in [6.45, 7) is 1.97. The quantitative estimate of drug-likeness (QED) is 0.634. The maximum absolute atomic E-state index is 11.4. The van der Waals surface area contributed by atoms with Gasteiger partial charge in [-0.3, -0.25) is 14.4 Å². The number of carboxylic acids is 1. The number of aliphatic carboxylic acids is 1. The van der Waals surface area contributed by atoms with E-state index in [1.807, 2.05) is 0 Å². The summed E-state index contributed by atoms with van der Waals surface area (Å²) in [5, 5.41) is 11.1. The molecular weight excluding hydrogens is 200 g/mol. The summed E-state index contributed by atoms with van der Waals surface area (Å²) in [5.74, 6) is -1.83. The summed E-state index contributed by atoms with van der Waals surface area (Å²) in [5.41, 5.74) is 0. The van der Waals surface area contributed by atoms with E-state index in [1.165, 1.54) is 11.8 Å². The molecule has 0 saturated carbocycles. The van der Waals surface area contributed by atoms with Gasteiger partial charge in [-0.2, -0.15) is 0 Å². The Morgan fingerprint density at radius 2 is 2.13 bits per heavy atom.